The smallest absolute Gasteiger partial charge is 0.350 e. The van der Waals surface area contributed by atoms with Gasteiger partial charge in [-0.3, -0.25) is 0 Å². The van der Waals surface area contributed by atoms with E-state index in [0.29, 0.717) is 15.8 Å². The number of halogens is 1. The number of carboxylic acids is 1. The quantitative estimate of drug-likeness (QED) is 0.846. The average molecular weight is 341 g/mol. The summed E-state index contributed by atoms with van der Waals surface area (Å²) in [7, 11) is 0. The molecule has 0 aliphatic rings. The van der Waals surface area contributed by atoms with Gasteiger partial charge in [0.1, 0.15) is 15.8 Å². The summed E-state index contributed by atoms with van der Waals surface area (Å²) in [5.74, 6) is -0.707. The molecule has 1 aromatic carbocycles. The Bertz CT molecular complexity index is 705. The molecule has 0 atom stereocenters. The second-order valence-electron chi connectivity index (χ2n) is 4.27. The maximum Gasteiger partial charge on any atom is 0.350 e. The van der Waals surface area contributed by atoms with Gasteiger partial charge in [-0.2, -0.15) is 0 Å². The van der Waals surface area contributed by atoms with Crippen LogP contribution in [0.5, 0.6) is 5.75 Å². The second-order valence-corrected chi connectivity index (χ2v) is 5.07. The molecular weight excluding hydrogens is 328 g/mol. The summed E-state index contributed by atoms with van der Waals surface area (Å²) in [4.78, 5) is 22.2. The Morgan fingerprint density at radius 2 is 2.20 bits per heavy atom. The molecule has 106 valence electrons. The van der Waals surface area contributed by atoms with E-state index in [1.807, 2.05) is 6.92 Å². The van der Waals surface area contributed by atoms with Crippen molar-refractivity contribution in [3.8, 4) is 5.75 Å². The van der Waals surface area contributed by atoms with Gasteiger partial charge >= 0.3 is 11.6 Å². The number of hydrogen-bond donors (Lipinski definition) is 1. The molecule has 1 N–H and O–H groups in total. The third-order valence-electron chi connectivity index (χ3n) is 2.79. The number of rotatable bonds is 5. The van der Waals surface area contributed by atoms with Crippen LogP contribution in [0.1, 0.15) is 18.9 Å². The molecular formula is C14H13BrO5. The molecule has 5 nitrogen and oxygen atoms in total. The van der Waals surface area contributed by atoms with Crippen LogP contribution in [0.25, 0.3) is 11.0 Å². The van der Waals surface area contributed by atoms with Gasteiger partial charge in [0.25, 0.3) is 0 Å². The van der Waals surface area contributed by atoms with Crippen LogP contribution in [0.15, 0.2) is 31.9 Å². The van der Waals surface area contributed by atoms with Crippen molar-refractivity contribution in [1.29, 1.82) is 0 Å². The third kappa shape index (κ3) is 3.01. The molecule has 0 aliphatic carbocycles. The van der Waals surface area contributed by atoms with E-state index in [0.717, 1.165) is 23.8 Å². The highest BCUT2D eigenvalue weighted by Crippen LogP contribution is 2.27. The molecule has 2 rings (SSSR count). The van der Waals surface area contributed by atoms with Crippen LogP contribution in [0.2, 0.25) is 0 Å². The minimum absolute atomic E-state index is 0.354. The minimum atomic E-state index is -1.06. The molecule has 0 fully saturated rings. The normalized spacial score (nSPS) is 10.7. The topological polar surface area (TPSA) is 76.7 Å². The monoisotopic (exact) mass is 340 g/mol. The summed E-state index contributed by atoms with van der Waals surface area (Å²) in [5, 5.41) is 9.40. The lowest BCUT2D eigenvalue weighted by atomic mass is 10.1. The molecule has 0 amide bonds. The first kappa shape index (κ1) is 14.6. The van der Waals surface area contributed by atoms with E-state index >= 15 is 0 Å². The summed E-state index contributed by atoms with van der Waals surface area (Å²) in [6.45, 7) is 1.59. The van der Waals surface area contributed by atoms with Crippen molar-refractivity contribution in [3.05, 3.63) is 38.7 Å². The summed E-state index contributed by atoms with van der Waals surface area (Å²) in [6.07, 6.45) is 1.65. The second kappa shape index (κ2) is 6.09. The van der Waals surface area contributed by atoms with Crippen LogP contribution in [0.3, 0.4) is 0 Å². The number of aryl methyl sites for hydroxylation is 1. The molecule has 6 heteroatoms. The van der Waals surface area contributed by atoms with Gasteiger partial charge in [-0.25, -0.2) is 9.59 Å². The number of carboxylic acid groups (broad SMARTS) is 1. The lowest BCUT2D eigenvalue weighted by Crippen LogP contribution is -2.09. The highest BCUT2D eigenvalue weighted by Gasteiger charge is 2.12. The first-order valence-electron chi connectivity index (χ1n) is 6.12. The molecule has 0 unspecified atom stereocenters. The molecule has 0 saturated carbocycles. The number of fused-ring (bicyclic) bond motifs is 1. The van der Waals surface area contributed by atoms with Gasteiger partial charge in [-0.05, 0) is 40.0 Å². The van der Waals surface area contributed by atoms with E-state index in [9.17, 15) is 9.59 Å². The van der Waals surface area contributed by atoms with Crippen molar-refractivity contribution < 1.29 is 19.1 Å². The number of ether oxygens (including phenoxy) is 1. The highest BCUT2D eigenvalue weighted by atomic mass is 79.9. The average Bonchev–Trinajstić information content (AvgIpc) is 2.41. The SMILES string of the molecule is CCCc1c(Br)c(=O)oc2cc(OCC(=O)O)ccc12. The van der Waals surface area contributed by atoms with Gasteiger partial charge in [-0.1, -0.05) is 13.3 Å². The van der Waals surface area contributed by atoms with Crippen LogP contribution in [-0.2, 0) is 11.2 Å². The Balaban J connectivity index is 2.50. The molecule has 0 saturated heterocycles. The van der Waals surface area contributed by atoms with Gasteiger partial charge in [0.2, 0.25) is 0 Å². The standard InChI is InChI=1S/C14H13BrO5/c1-2-3-10-9-5-4-8(19-7-12(16)17)6-11(9)20-14(18)13(10)15/h4-6H,2-3,7H2,1H3,(H,16,17). The zero-order valence-corrected chi connectivity index (χ0v) is 12.4. The largest absolute Gasteiger partial charge is 0.482 e. The van der Waals surface area contributed by atoms with Gasteiger partial charge < -0.3 is 14.3 Å². The van der Waals surface area contributed by atoms with E-state index < -0.39 is 18.2 Å². The summed E-state index contributed by atoms with van der Waals surface area (Å²) in [5.41, 5.74) is 0.837. The first-order valence-corrected chi connectivity index (χ1v) is 6.92. The maximum absolute atomic E-state index is 11.8. The van der Waals surface area contributed by atoms with Crippen LogP contribution in [0, 0.1) is 0 Å². The molecule has 0 radical (unpaired) electrons. The number of hydrogen-bond acceptors (Lipinski definition) is 4. The summed E-state index contributed by atoms with van der Waals surface area (Å²) in [6, 6.07) is 4.97. The fourth-order valence-corrected chi connectivity index (χ4v) is 2.44. The van der Waals surface area contributed by atoms with E-state index in [1.54, 1.807) is 12.1 Å². The van der Waals surface area contributed by atoms with Gasteiger partial charge in [0, 0.05) is 11.5 Å². The number of aliphatic carboxylic acids is 1. The Kier molecular flexibility index (Phi) is 4.44. The molecule has 1 heterocycles. The van der Waals surface area contributed by atoms with E-state index in [-0.39, 0.29) is 0 Å². The summed E-state index contributed by atoms with van der Waals surface area (Å²) >= 11 is 3.26. The van der Waals surface area contributed by atoms with Crippen LogP contribution in [-0.4, -0.2) is 17.7 Å². The van der Waals surface area contributed by atoms with Crippen LogP contribution < -0.4 is 10.4 Å². The van der Waals surface area contributed by atoms with Crippen LogP contribution >= 0.6 is 15.9 Å². The van der Waals surface area contributed by atoms with E-state index in [2.05, 4.69) is 15.9 Å². The number of benzene rings is 1. The zero-order valence-electron chi connectivity index (χ0n) is 10.8. The maximum atomic E-state index is 11.8. The van der Waals surface area contributed by atoms with Crippen molar-refractivity contribution in [3.63, 3.8) is 0 Å². The highest BCUT2D eigenvalue weighted by molar-refractivity contribution is 9.10. The van der Waals surface area contributed by atoms with Crippen molar-refractivity contribution in [1.82, 2.24) is 0 Å². The third-order valence-corrected chi connectivity index (χ3v) is 3.59. The van der Waals surface area contributed by atoms with Gasteiger partial charge in [0.05, 0.1) is 0 Å². The number of carbonyl (C=O) groups is 1. The van der Waals surface area contributed by atoms with Crippen molar-refractivity contribution in [2.45, 2.75) is 19.8 Å². The Hall–Kier alpha value is -1.82. The zero-order chi connectivity index (χ0) is 14.7. The fourth-order valence-electron chi connectivity index (χ4n) is 1.95. The van der Waals surface area contributed by atoms with E-state index in [4.69, 9.17) is 14.3 Å². The molecule has 20 heavy (non-hydrogen) atoms. The van der Waals surface area contributed by atoms with Crippen molar-refractivity contribution in [2.24, 2.45) is 0 Å². The predicted octanol–water partition coefficient (Wildman–Crippen LogP) is 2.97. The van der Waals surface area contributed by atoms with Crippen LogP contribution in [0.4, 0.5) is 0 Å². The molecule has 0 spiro atoms. The Morgan fingerprint density at radius 3 is 2.85 bits per heavy atom. The Labute approximate surface area is 123 Å². The van der Waals surface area contributed by atoms with Crippen molar-refractivity contribution >= 4 is 32.9 Å². The molecule has 1 aromatic heterocycles. The Morgan fingerprint density at radius 1 is 1.45 bits per heavy atom. The predicted molar refractivity (Wildman–Crippen MR) is 77.3 cm³/mol. The fraction of sp³-hybridized carbons (Fsp3) is 0.286. The minimum Gasteiger partial charge on any atom is -0.482 e. The van der Waals surface area contributed by atoms with Crippen molar-refractivity contribution in [2.75, 3.05) is 6.61 Å². The van der Waals surface area contributed by atoms with Gasteiger partial charge in [0.15, 0.2) is 6.61 Å². The first-order chi connectivity index (χ1) is 9.52. The lowest BCUT2D eigenvalue weighted by molar-refractivity contribution is -0.139. The molecule has 0 aliphatic heterocycles. The van der Waals surface area contributed by atoms with Gasteiger partial charge in [-0.15, -0.1) is 0 Å². The summed E-state index contributed by atoms with van der Waals surface area (Å²) < 4.78 is 10.7. The van der Waals surface area contributed by atoms with E-state index in [1.165, 1.54) is 6.07 Å². The molecule has 2 aromatic rings. The molecule has 0 bridgehead atoms. The lowest BCUT2D eigenvalue weighted by Gasteiger charge is -2.08.